The number of amides is 2. The lowest BCUT2D eigenvalue weighted by atomic mass is 9.96. The third-order valence-corrected chi connectivity index (χ3v) is 4.91. The second-order valence-corrected chi connectivity index (χ2v) is 7.28. The summed E-state index contributed by atoms with van der Waals surface area (Å²) in [6.07, 6.45) is -2.17. The number of rotatable bonds is 14. The van der Waals surface area contributed by atoms with Crippen LogP contribution >= 0.6 is 0 Å². The lowest BCUT2D eigenvalue weighted by molar-refractivity contribution is -0.278. The van der Waals surface area contributed by atoms with Crippen molar-refractivity contribution in [2.45, 2.75) is 75.8 Å². The van der Waals surface area contributed by atoms with Crippen LogP contribution in [0.15, 0.2) is 0 Å². The summed E-state index contributed by atoms with van der Waals surface area (Å²) < 4.78 is 16.8. The summed E-state index contributed by atoms with van der Waals surface area (Å²) in [5, 5.41) is 34.4. The summed E-state index contributed by atoms with van der Waals surface area (Å²) >= 11 is 0. The Bertz CT molecular complexity index is 510. The van der Waals surface area contributed by atoms with Crippen LogP contribution in [-0.2, 0) is 23.8 Å². The standard InChI is InChI=1S/C19H37N3O8/c1-12-15(22-18(27)13(24)7-10-23)16(26)17(28-2)19(30-12)29-11-5-3-4-6-14(25)21-9-8-20/h12-13,15-17,19,23-24,26H,3-11,20H2,1-2H3,(H,21,25)(H,22,27)/t12-,13-,15-,16+,17+,19+/m1/s1. The number of carbonyl (C=O) groups is 2. The molecule has 1 heterocycles. The van der Waals surface area contributed by atoms with Gasteiger partial charge in [0.15, 0.2) is 6.29 Å². The van der Waals surface area contributed by atoms with E-state index in [1.54, 1.807) is 6.92 Å². The molecule has 11 nitrogen and oxygen atoms in total. The van der Waals surface area contributed by atoms with E-state index in [1.165, 1.54) is 7.11 Å². The molecule has 0 aliphatic carbocycles. The zero-order valence-corrected chi connectivity index (χ0v) is 17.8. The maximum Gasteiger partial charge on any atom is 0.249 e. The predicted octanol–water partition coefficient (Wildman–Crippen LogP) is -2.01. The Morgan fingerprint density at radius 1 is 1.27 bits per heavy atom. The van der Waals surface area contributed by atoms with E-state index in [0.29, 0.717) is 32.5 Å². The van der Waals surface area contributed by atoms with Crippen molar-refractivity contribution in [3.05, 3.63) is 0 Å². The van der Waals surface area contributed by atoms with Crippen molar-refractivity contribution in [3.63, 3.8) is 0 Å². The smallest absolute Gasteiger partial charge is 0.249 e. The minimum Gasteiger partial charge on any atom is -0.396 e. The van der Waals surface area contributed by atoms with Crippen molar-refractivity contribution in [1.29, 1.82) is 0 Å². The Labute approximate surface area is 177 Å². The van der Waals surface area contributed by atoms with Crippen LogP contribution in [0.2, 0.25) is 0 Å². The third-order valence-electron chi connectivity index (χ3n) is 4.91. The molecule has 0 unspecified atom stereocenters. The molecule has 11 heteroatoms. The fourth-order valence-electron chi connectivity index (χ4n) is 3.18. The number of nitrogens with one attached hydrogen (secondary N) is 2. The Hall–Kier alpha value is -1.34. The minimum absolute atomic E-state index is 0.0226. The van der Waals surface area contributed by atoms with Crippen molar-refractivity contribution in [1.82, 2.24) is 10.6 Å². The summed E-state index contributed by atoms with van der Waals surface area (Å²) in [7, 11) is 1.41. The van der Waals surface area contributed by atoms with Gasteiger partial charge in [0.05, 0.1) is 12.1 Å². The number of carbonyl (C=O) groups excluding carboxylic acids is 2. The quantitative estimate of drug-likeness (QED) is 0.169. The van der Waals surface area contributed by atoms with Gasteiger partial charge in [0, 0.05) is 46.3 Å². The molecule has 0 radical (unpaired) electrons. The van der Waals surface area contributed by atoms with Gasteiger partial charge in [0.2, 0.25) is 11.8 Å². The SMILES string of the molecule is CO[C@@H]1[C@@H](OCCCCCC(=O)NCCN)O[C@H](C)[C@@H](NC(=O)[C@H](O)CCO)[C@@H]1O. The highest BCUT2D eigenvalue weighted by Crippen LogP contribution is 2.24. The van der Waals surface area contributed by atoms with E-state index < -0.39 is 42.7 Å². The van der Waals surface area contributed by atoms with Crippen LogP contribution in [0.3, 0.4) is 0 Å². The first-order valence-electron chi connectivity index (χ1n) is 10.4. The molecule has 0 saturated carbocycles. The van der Waals surface area contributed by atoms with Gasteiger partial charge in [-0.05, 0) is 19.8 Å². The summed E-state index contributed by atoms with van der Waals surface area (Å²) in [6, 6.07) is -0.803. The van der Waals surface area contributed by atoms with Crippen LogP contribution in [0.1, 0.15) is 39.0 Å². The molecule has 2 amide bonds. The number of unbranched alkanes of at least 4 members (excludes halogenated alkanes) is 2. The van der Waals surface area contributed by atoms with Gasteiger partial charge in [-0.2, -0.15) is 0 Å². The van der Waals surface area contributed by atoms with Crippen molar-refractivity contribution >= 4 is 11.8 Å². The molecule has 1 fully saturated rings. The fraction of sp³-hybridized carbons (Fsp3) is 0.895. The molecule has 1 rings (SSSR count). The fourth-order valence-corrected chi connectivity index (χ4v) is 3.18. The molecular formula is C19H37N3O8. The first kappa shape index (κ1) is 26.7. The number of aliphatic hydroxyl groups excluding tert-OH is 3. The average Bonchev–Trinajstić information content (AvgIpc) is 2.72. The Kier molecular flexibility index (Phi) is 13.0. The second-order valence-electron chi connectivity index (χ2n) is 7.28. The molecule has 1 aliphatic rings. The highest BCUT2D eigenvalue weighted by Gasteiger charge is 2.45. The summed E-state index contributed by atoms with van der Waals surface area (Å²) in [4.78, 5) is 23.5. The Morgan fingerprint density at radius 3 is 2.63 bits per heavy atom. The molecule has 1 aliphatic heterocycles. The van der Waals surface area contributed by atoms with Crippen molar-refractivity contribution in [2.24, 2.45) is 5.73 Å². The lowest BCUT2D eigenvalue weighted by Gasteiger charge is -2.43. The van der Waals surface area contributed by atoms with E-state index in [-0.39, 0.29) is 18.9 Å². The van der Waals surface area contributed by atoms with Gasteiger partial charge in [0.1, 0.15) is 18.3 Å². The molecule has 176 valence electrons. The molecule has 0 aromatic rings. The van der Waals surface area contributed by atoms with Crippen LogP contribution in [-0.4, -0.2) is 97.3 Å². The van der Waals surface area contributed by atoms with E-state index in [1.807, 2.05) is 0 Å². The normalized spacial score (nSPS) is 27.5. The van der Waals surface area contributed by atoms with Crippen molar-refractivity contribution in [2.75, 3.05) is 33.4 Å². The monoisotopic (exact) mass is 435 g/mol. The number of hydrogen-bond donors (Lipinski definition) is 6. The molecule has 6 atom stereocenters. The number of aliphatic hydroxyl groups is 3. The average molecular weight is 436 g/mol. The first-order chi connectivity index (χ1) is 14.3. The highest BCUT2D eigenvalue weighted by molar-refractivity contribution is 5.80. The molecule has 7 N–H and O–H groups in total. The van der Waals surface area contributed by atoms with E-state index in [9.17, 15) is 19.8 Å². The van der Waals surface area contributed by atoms with Crippen LogP contribution in [0.4, 0.5) is 0 Å². The van der Waals surface area contributed by atoms with Crippen LogP contribution in [0, 0.1) is 0 Å². The number of hydrogen-bond acceptors (Lipinski definition) is 9. The van der Waals surface area contributed by atoms with E-state index >= 15 is 0 Å². The maximum absolute atomic E-state index is 12.0. The zero-order chi connectivity index (χ0) is 22.5. The topological polar surface area (TPSA) is 173 Å². The van der Waals surface area contributed by atoms with Gasteiger partial charge in [0.25, 0.3) is 0 Å². The molecule has 0 spiro atoms. The van der Waals surface area contributed by atoms with E-state index in [0.717, 1.165) is 12.8 Å². The van der Waals surface area contributed by atoms with Gasteiger partial charge >= 0.3 is 0 Å². The molecule has 30 heavy (non-hydrogen) atoms. The molecule has 0 aromatic carbocycles. The van der Waals surface area contributed by atoms with Gasteiger partial charge in [-0.3, -0.25) is 9.59 Å². The third kappa shape index (κ3) is 8.80. The summed E-state index contributed by atoms with van der Waals surface area (Å²) in [5.74, 6) is -0.723. The highest BCUT2D eigenvalue weighted by atomic mass is 16.7. The Morgan fingerprint density at radius 2 is 2.00 bits per heavy atom. The maximum atomic E-state index is 12.0. The molecule has 0 aromatic heterocycles. The van der Waals surface area contributed by atoms with Crippen molar-refractivity contribution < 1.29 is 39.1 Å². The van der Waals surface area contributed by atoms with Gasteiger partial charge in [-0.1, -0.05) is 6.42 Å². The predicted molar refractivity (Wildman–Crippen MR) is 107 cm³/mol. The van der Waals surface area contributed by atoms with Crippen LogP contribution in [0.25, 0.3) is 0 Å². The van der Waals surface area contributed by atoms with E-state index in [4.69, 9.17) is 25.1 Å². The zero-order valence-electron chi connectivity index (χ0n) is 17.8. The lowest BCUT2D eigenvalue weighted by Crippen LogP contribution is -2.64. The first-order valence-corrected chi connectivity index (χ1v) is 10.4. The molecule has 0 bridgehead atoms. The number of methoxy groups -OCH3 is 1. The summed E-state index contributed by atoms with van der Waals surface area (Å²) in [6.45, 7) is 2.60. The molecular weight excluding hydrogens is 398 g/mol. The van der Waals surface area contributed by atoms with Gasteiger partial charge in [-0.15, -0.1) is 0 Å². The molecule has 1 saturated heterocycles. The van der Waals surface area contributed by atoms with Crippen LogP contribution < -0.4 is 16.4 Å². The second kappa shape index (κ2) is 14.6. The minimum atomic E-state index is -1.37. The van der Waals surface area contributed by atoms with E-state index in [2.05, 4.69) is 10.6 Å². The summed E-state index contributed by atoms with van der Waals surface area (Å²) in [5.41, 5.74) is 5.33. The van der Waals surface area contributed by atoms with Gasteiger partial charge in [-0.25, -0.2) is 0 Å². The van der Waals surface area contributed by atoms with Crippen LogP contribution in [0.5, 0.6) is 0 Å². The van der Waals surface area contributed by atoms with Gasteiger partial charge < -0.3 is 45.9 Å². The van der Waals surface area contributed by atoms with Crippen molar-refractivity contribution in [3.8, 4) is 0 Å². The number of ether oxygens (including phenoxy) is 3. The number of nitrogens with two attached hydrogens (primary N) is 1. The largest absolute Gasteiger partial charge is 0.396 e. The Balaban J connectivity index is 2.41.